The van der Waals surface area contributed by atoms with E-state index in [-0.39, 0.29) is 17.6 Å². The quantitative estimate of drug-likeness (QED) is 0.817. The zero-order valence-electron chi connectivity index (χ0n) is 16.2. The van der Waals surface area contributed by atoms with E-state index >= 15 is 0 Å². The largest absolute Gasteiger partial charge is 0.347 e. The van der Waals surface area contributed by atoms with Crippen LogP contribution < -0.4 is 0 Å². The Balaban J connectivity index is 1.44. The fourth-order valence-electron chi connectivity index (χ4n) is 4.58. The Bertz CT molecular complexity index is 883. The highest BCUT2D eigenvalue weighted by molar-refractivity contribution is 5.93. The first-order valence-electron chi connectivity index (χ1n) is 9.94. The molecule has 0 unspecified atom stereocenters. The monoisotopic (exact) mass is 383 g/mol. The summed E-state index contributed by atoms with van der Waals surface area (Å²) in [6.07, 6.45) is 4.99. The third kappa shape index (κ3) is 3.32. The molecule has 5 nitrogen and oxygen atoms in total. The lowest BCUT2D eigenvalue weighted by Gasteiger charge is -2.46. The highest BCUT2D eigenvalue weighted by Crippen LogP contribution is 2.41. The molecule has 1 spiro atoms. The maximum Gasteiger partial charge on any atom is 0.270 e. The average molecular weight is 383 g/mol. The Morgan fingerprint density at radius 1 is 1.07 bits per heavy atom. The predicted octanol–water partition coefficient (Wildman–Crippen LogP) is 3.21. The van der Waals surface area contributed by atoms with Gasteiger partial charge in [-0.05, 0) is 43.9 Å². The normalized spacial score (nSPS) is 19.3. The van der Waals surface area contributed by atoms with Gasteiger partial charge < -0.3 is 14.4 Å². The summed E-state index contributed by atoms with van der Waals surface area (Å²) in [4.78, 5) is 29.7. The minimum absolute atomic E-state index is 0.0221. The van der Waals surface area contributed by atoms with Crippen molar-refractivity contribution in [2.45, 2.75) is 32.2 Å². The average Bonchev–Trinajstić information content (AvgIpc) is 3.13. The van der Waals surface area contributed by atoms with E-state index in [4.69, 9.17) is 0 Å². The van der Waals surface area contributed by atoms with Crippen LogP contribution in [-0.2, 0) is 18.4 Å². The van der Waals surface area contributed by atoms with Crippen molar-refractivity contribution in [3.8, 4) is 0 Å². The van der Waals surface area contributed by atoms with Crippen LogP contribution >= 0.6 is 0 Å². The fourth-order valence-corrected chi connectivity index (χ4v) is 4.58. The molecule has 28 heavy (non-hydrogen) atoms. The number of carbonyl (C=O) groups excluding carboxylic acids is 2. The maximum atomic E-state index is 14.0. The number of halogens is 1. The first-order chi connectivity index (χ1) is 13.5. The van der Waals surface area contributed by atoms with Crippen molar-refractivity contribution < 1.29 is 14.0 Å². The number of aromatic nitrogens is 1. The molecule has 0 N–H and O–H groups in total. The fraction of sp³-hybridized carbons (Fsp3) is 0.455. The van der Waals surface area contributed by atoms with Gasteiger partial charge in [0.1, 0.15) is 11.5 Å². The van der Waals surface area contributed by atoms with Crippen molar-refractivity contribution in [1.82, 2.24) is 14.4 Å². The molecule has 0 atom stereocenters. The van der Waals surface area contributed by atoms with Crippen molar-refractivity contribution in [1.29, 1.82) is 0 Å². The molecule has 3 heterocycles. The molecule has 2 saturated heterocycles. The van der Waals surface area contributed by atoms with E-state index in [0.29, 0.717) is 50.3 Å². The Labute approximate surface area is 164 Å². The van der Waals surface area contributed by atoms with Gasteiger partial charge in [0.2, 0.25) is 5.91 Å². The van der Waals surface area contributed by atoms with Crippen LogP contribution in [0.1, 0.15) is 41.7 Å². The summed E-state index contributed by atoms with van der Waals surface area (Å²) in [6.45, 7) is 2.16. The molecule has 0 radical (unpaired) electrons. The molecule has 4 rings (SSSR count). The molecule has 1 aromatic carbocycles. The first-order valence-corrected chi connectivity index (χ1v) is 9.94. The Morgan fingerprint density at radius 3 is 2.50 bits per heavy atom. The van der Waals surface area contributed by atoms with Gasteiger partial charge in [-0.25, -0.2) is 4.39 Å². The number of carbonyl (C=O) groups is 2. The lowest BCUT2D eigenvalue weighted by Crippen LogP contribution is -2.54. The summed E-state index contributed by atoms with van der Waals surface area (Å²) in [6, 6.07) is 10.3. The van der Waals surface area contributed by atoms with E-state index in [1.807, 2.05) is 34.8 Å². The summed E-state index contributed by atoms with van der Waals surface area (Å²) in [5, 5.41) is 0. The Hall–Kier alpha value is -2.63. The molecule has 2 aliphatic heterocycles. The first kappa shape index (κ1) is 18.7. The van der Waals surface area contributed by atoms with Crippen molar-refractivity contribution in [3.63, 3.8) is 0 Å². The second-order valence-corrected chi connectivity index (χ2v) is 8.00. The highest BCUT2D eigenvalue weighted by Gasteiger charge is 2.46. The zero-order valence-corrected chi connectivity index (χ0v) is 16.2. The summed E-state index contributed by atoms with van der Waals surface area (Å²) in [5.74, 6) is -0.125. The van der Waals surface area contributed by atoms with Crippen LogP contribution in [-0.4, -0.2) is 45.8 Å². The van der Waals surface area contributed by atoms with Crippen LogP contribution in [0.15, 0.2) is 42.6 Å². The zero-order chi connectivity index (χ0) is 19.7. The number of amides is 2. The van der Waals surface area contributed by atoms with Gasteiger partial charge in [0.25, 0.3) is 5.91 Å². The number of hydrogen-bond acceptors (Lipinski definition) is 2. The molecular formula is C22H26FN3O2. The van der Waals surface area contributed by atoms with Gasteiger partial charge in [0, 0.05) is 45.0 Å². The second kappa shape index (κ2) is 7.41. The lowest BCUT2D eigenvalue weighted by atomic mass is 9.71. The van der Waals surface area contributed by atoms with Crippen LogP contribution in [0, 0.1) is 11.2 Å². The minimum Gasteiger partial charge on any atom is -0.347 e. The van der Waals surface area contributed by atoms with E-state index in [0.717, 1.165) is 12.8 Å². The van der Waals surface area contributed by atoms with Crippen molar-refractivity contribution >= 4 is 11.8 Å². The van der Waals surface area contributed by atoms with Crippen molar-refractivity contribution in [3.05, 3.63) is 59.7 Å². The summed E-state index contributed by atoms with van der Waals surface area (Å²) < 4.78 is 15.9. The van der Waals surface area contributed by atoms with E-state index < -0.39 is 5.41 Å². The number of nitrogens with zero attached hydrogens (tertiary/aromatic N) is 3. The number of rotatable bonds is 3. The molecule has 0 aliphatic carbocycles. The molecule has 6 heteroatoms. The van der Waals surface area contributed by atoms with Gasteiger partial charge in [-0.3, -0.25) is 9.59 Å². The summed E-state index contributed by atoms with van der Waals surface area (Å²) in [5.41, 5.74) is 0.824. The number of aryl methyl sites for hydroxylation is 1. The van der Waals surface area contributed by atoms with Crippen LogP contribution in [0.25, 0.3) is 0 Å². The molecule has 148 valence electrons. The number of hydrogen-bond donors (Lipinski definition) is 0. The predicted molar refractivity (Wildman–Crippen MR) is 104 cm³/mol. The van der Waals surface area contributed by atoms with Crippen LogP contribution in [0.5, 0.6) is 0 Å². The van der Waals surface area contributed by atoms with Gasteiger partial charge >= 0.3 is 0 Å². The number of benzene rings is 1. The smallest absolute Gasteiger partial charge is 0.270 e. The standard InChI is InChI=1S/C22H26FN3O2/c1-24-12-4-8-19(24)20(27)25-14-10-22(11-15-25)9-5-13-26(21(22)28)16-17-6-2-3-7-18(17)23/h2-4,6-8,12H,5,9-11,13-16H2,1H3. The molecule has 0 saturated carbocycles. The highest BCUT2D eigenvalue weighted by atomic mass is 19.1. The molecule has 2 aromatic rings. The van der Waals surface area contributed by atoms with E-state index in [9.17, 15) is 14.0 Å². The lowest BCUT2D eigenvalue weighted by molar-refractivity contribution is -0.150. The third-order valence-electron chi connectivity index (χ3n) is 6.31. The third-order valence-corrected chi connectivity index (χ3v) is 6.31. The maximum absolute atomic E-state index is 14.0. The molecule has 2 fully saturated rings. The molecule has 2 amide bonds. The van der Waals surface area contributed by atoms with E-state index in [2.05, 4.69) is 0 Å². The molecule has 1 aromatic heterocycles. The second-order valence-electron chi connectivity index (χ2n) is 8.00. The summed E-state index contributed by atoms with van der Waals surface area (Å²) in [7, 11) is 1.87. The molecule has 0 bridgehead atoms. The number of piperidine rings is 2. The van der Waals surface area contributed by atoms with Gasteiger partial charge in [0.15, 0.2) is 0 Å². The Kier molecular flexibility index (Phi) is 4.96. The van der Waals surface area contributed by atoms with E-state index in [1.54, 1.807) is 23.1 Å². The summed E-state index contributed by atoms with van der Waals surface area (Å²) >= 11 is 0. The van der Waals surface area contributed by atoms with Gasteiger partial charge in [0.05, 0.1) is 5.41 Å². The molecular weight excluding hydrogens is 357 g/mol. The SMILES string of the molecule is Cn1cccc1C(=O)N1CCC2(CCCN(Cc3ccccc3F)C2=O)CC1. The minimum atomic E-state index is -0.408. The Morgan fingerprint density at radius 2 is 1.82 bits per heavy atom. The van der Waals surface area contributed by atoms with Crippen LogP contribution in [0.2, 0.25) is 0 Å². The van der Waals surface area contributed by atoms with Crippen molar-refractivity contribution in [2.24, 2.45) is 12.5 Å². The topological polar surface area (TPSA) is 45.6 Å². The number of likely N-dealkylation sites (tertiary alicyclic amines) is 2. The molecule has 2 aliphatic rings. The van der Waals surface area contributed by atoms with Gasteiger partial charge in [-0.1, -0.05) is 18.2 Å². The van der Waals surface area contributed by atoms with Crippen molar-refractivity contribution in [2.75, 3.05) is 19.6 Å². The van der Waals surface area contributed by atoms with Crippen LogP contribution in [0.4, 0.5) is 4.39 Å². The van der Waals surface area contributed by atoms with Gasteiger partial charge in [-0.15, -0.1) is 0 Å². The van der Waals surface area contributed by atoms with Crippen LogP contribution in [0.3, 0.4) is 0 Å². The van der Waals surface area contributed by atoms with Gasteiger partial charge in [-0.2, -0.15) is 0 Å². The van der Waals surface area contributed by atoms with E-state index in [1.165, 1.54) is 6.07 Å².